The van der Waals surface area contributed by atoms with Crippen molar-refractivity contribution >= 4 is 5.91 Å². The lowest BCUT2D eigenvalue weighted by Crippen LogP contribution is -2.23. The van der Waals surface area contributed by atoms with E-state index in [4.69, 9.17) is 4.84 Å². The van der Waals surface area contributed by atoms with Crippen molar-refractivity contribution in [2.24, 2.45) is 0 Å². The van der Waals surface area contributed by atoms with Crippen LogP contribution in [0.1, 0.15) is 51.9 Å². The van der Waals surface area contributed by atoms with Gasteiger partial charge in [-0.2, -0.15) is 0 Å². The van der Waals surface area contributed by atoms with Gasteiger partial charge >= 0.3 is 0 Å². The summed E-state index contributed by atoms with van der Waals surface area (Å²) >= 11 is 0. The van der Waals surface area contributed by atoms with Crippen LogP contribution >= 0.6 is 0 Å². The van der Waals surface area contributed by atoms with Crippen LogP contribution in [0.15, 0.2) is 0 Å². The van der Waals surface area contributed by atoms with Crippen LogP contribution in [0.3, 0.4) is 0 Å². The van der Waals surface area contributed by atoms with Gasteiger partial charge in [0.25, 0.3) is 0 Å². The van der Waals surface area contributed by atoms with Crippen molar-refractivity contribution in [3.8, 4) is 0 Å². The van der Waals surface area contributed by atoms with Crippen molar-refractivity contribution < 1.29 is 9.63 Å². The molecule has 1 amide bonds. The van der Waals surface area contributed by atoms with Gasteiger partial charge in [-0.15, -0.1) is 0 Å². The molecule has 0 saturated heterocycles. The average Bonchev–Trinajstić information content (AvgIpc) is 2.29. The predicted octanol–water partition coefficient (Wildman–Crippen LogP) is 2.00. The summed E-state index contributed by atoms with van der Waals surface area (Å²) in [5, 5.41) is 2.94. The fraction of sp³-hybridized carbons (Fsp3) is 0.917. The van der Waals surface area contributed by atoms with E-state index in [-0.39, 0.29) is 5.91 Å². The molecule has 2 N–H and O–H groups in total. The minimum absolute atomic E-state index is 0.186. The first-order valence-electron chi connectivity index (χ1n) is 6.36. The van der Waals surface area contributed by atoms with Crippen LogP contribution in [0.4, 0.5) is 0 Å². The minimum Gasteiger partial charge on any atom is -0.356 e. The molecule has 0 aliphatic rings. The molecule has 0 bridgehead atoms. The molecule has 16 heavy (non-hydrogen) atoms. The normalized spacial score (nSPS) is 10.4. The van der Waals surface area contributed by atoms with Gasteiger partial charge < -0.3 is 10.2 Å². The first-order valence-corrected chi connectivity index (χ1v) is 6.36. The number of carbonyl (C=O) groups excluding carboxylic acids is 1. The predicted molar refractivity (Wildman–Crippen MR) is 66.0 cm³/mol. The number of nitrogens with one attached hydrogen (secondary N) is 2. The standard InChI is InChI=1S/C12H26N2O2/c1-3-4-7-10-14-12(15)9-6-5-8-11-16-13-2/h13H,3-11H2,1-2H3,(H,14,15). The van der Waals surface area contributed by atoms with Crippen LogP contribution in [0.2, 0.25) is 0 Å². The Hall–Kier alpha value is -0.610. The maximum atomic E-state index is 11.3. The van der Waals surface area contributed by atoms with E-state index < -0.39 is 0 Å². The molecule has 0 heterocycles. The van der Waals surface area contributed by atoms with Crippen LogP contribution in [0.5, 0.6) is 0 Å². The molecule has 0 atom stereocenters. The molecule has 0 unspecified atom stereocenters. The third kappa shape index (κ3) is 11.5. The second-order valence-corrected chi connectivity index (χ2v) is 3.92. The first kappa shape index (κ1) is 15.4. The zero-order valence-electron chi connectivity index (χ0n) is 10.7. The van der Waals surface area contributed by atoms with Gasteiger partial charge in [0.1, 0.15) is 0 Å². The van der Waals surface area contributed by atoms with Gasteiger partial charge in [0.2, 0.25) is 5.91 Å². The van der Waals surface area contributed by atoms with Gasteiger partial charge in [-0.3, -0.25) is 4.79 Å². The largest absolute Gasteiger partial charge is 0.356 e. The summed E-state index contributed by atoms with van der Waals surface area (Å²) in [4.78, 5) is 16.3. The van der Waals surface area contributed by atoms with Crippen LogP contribution < -0.4 is 10.8 Å². The van der Waals surface area contributed by atoms with Crippen molar-refractivity contribution in [1.29, 1.82) is 0 Å². The van der Waals surface area contributed by atoms with Crippen molar-refractivity contribution in [2.75, 3.05) is 20.2 Å². The lowest BCUT2D eigenvalue weighted by molar-refractivity contribution is -0.121. The van der Waals surface area contributed by atoms with Gasteiger partial charge in [-0.05, 0) is 19.3 Å². The Bertz CT molecular complexity index is 163. The Balaban J connectivity index is 3.11. The second-order valence-electron chi connectivity index (χ2n) is 3.92. The third-order valence-electron chi connectivity index (χ3n) is 2.40. The molecule has 0 radical (unpaired) electrons. The minimum atomic E-state index is 0.186. The third-order valence-corrected chi connectivity index (χ3v) is 2.40. The molecule has 0 fully saturated rings. The summed E-state index contributed by atoms with van der Waals surface area (Å²) in [6, 6.07) is 0. The Labute approximate surface area is 99.1 Å². The quantitative estimate of drug-likeness (QED) is 0.421. The Morgan fingerprint density at radius 3 is 2.62 bits per heavy atom. The Morgan fingerprint density at radius 2 is 1.94 bits per heavy atom. The molecule has 0 spiro atoms. The van der Waals surface area contributed by atoms with Crippen LogP contribution in [0.25, 0.3) is 0 Å². The lowest BCUT2D eigenvalue weighted by Gasteiger charge is -2.04. The van der Waals surface area contributed by atoms with E-state index in [9.17, 15) is 4.79 Å². The highest BCUT2D eigenvalue weighted by atomic mass is 16.6. The van der Waals surface area contributed by atoms with E-state index in [0.717, 1.165) is 32.2 Å². The number of hydrogen-bond donors (Lipinski definition) is 2. The fourth-order valence-electron chi connectivity index (χ4n) is 1.43. The second kappa shape index (κ2) is 12.5. The smallest absolute Gasteiger partial charge is 0.219 e. The monoisotopic (exact) mass is 230 g/mol. The van der Waals surface area contributed by atoms with Crippen LogP contribution in [-0.4, -0.2) is 26.1 Å². The maximum absolute atomic E-state index is 11.3. The SMILES string of the molecule is CCCCCNC(=O)CCCCCONC. The molecule has 0 aliphatic heterocycles. The number of unbranched alkanes of at least 4 members (excludes halogenated alkanes) is 4. The highest BCUT2D eigenvalue weighted by Gasteiger charge is 1.99. The number of hydrogen-bond acceptors (Lipinski definition) is 3. The van der Waals surface area contributed by atoms with E-state index in [2.05, 4.69) is 17.7 Å². The first-order chi connectivity index (χ1) is 7.81. The average molecular weight is 230 g/mol. The molecule has 0 aromatic rings. The van der Waals surface area contributed by atoms with Gasteiger partial charge in [-0.25, -0.2) is 5.48 Å². The van der Waals surface area contributed by atoms with E-state index in [1.807, 2.05) is 0 Å². The summed E-state index contributed by atoms with van der Waals surface area (Å²) in [7, 11) is 1.75. The zero-order valence-corrected chi connectivity index (χ0v) is 10.7. The summed E-state index contributed by atoms with van der Waals surface area (Å²) in [6.07, 6.45) is 7.13. The van der Waals surface area contributed by atoms with Crippen molar-refractivity contribution in [1.82, 2.24) is 10.8 Å². The number of carbonyl (C=O) groups is 1. The lowest BCUT2D eigenvalue weighted by atomic mass is 10.2. The molecular formula is C12H26N2O2. The maximum Gasteiger partial charge on any atom is 0.219 e. The number of rotatable bonds is 11. The Morgan fingerprint density at radius 1 is 1.12 bits per heavy atom. The Kier molecular flexibility index (Phi) is 12.0. The van der Waals surface area contributed by atoms with E-state index >= 15 is 0 Å². The van der Waals surface area contributed by atoms with E-state index in [0.29, 0.717) is 13.0 Å². The molecule has 0 saturated carbocycles. The van der Waals surface area contributed by atoms with Crippen molar-refractivity contribution in [3.63, 3.8) is 0 Å². The fourth-order valence-corrected chi connectivity index (χ4v) is 1.43. The summed E-state index contributed by atoms with van der Waals surface area (Å²) in [5.74, 6) is 0.186. The molecule has 0 aromatic heterocycles. The number of hydroxylamine groups is 1. The summed E-state index contributed by atoms with van der Waals surface area (Å²) < 4.78 is 0. The number of amides is 1. The van der Waals surface area contributed by atoms with Gasteiger partial charge in [0.15, 0.2) is 0 Å². The van der Waals surface area contributed by atoms with Crippen molar-refractivity contribution in [2.45, 2.75) is 51.9 Å². The van der Waals surface area contributed by atoms with Crippen LogP contribution in [0, 0.1) is 0 Å². The molecule has 96 valence electrons. The van der Waals surface area contributed by atoms with Gasteiger partial charge in [-0.1, -0.05) is 26.2 Å². The molecule has 0 aromatic carbocycles. The topological polar surface area (TPSA) is 50.4 Å². The molecule has 4 nitrogen and oxygen atoms in total. The molecular weight excluding hydrogens is 204 g/mol. The van der Waals surface area contributed by atoms with E-state index in [1.165, 1.54) is 12.8 Å². The van der Waals surface area contributed by atoms with E-state index in [1.54, 1.807) is 7.05 Å². The highest BCUT2D eigenvalue weighted by molar-refractivity contribution is 5.75. The zero-order chi connectivity index (χ0) is 12.1. The summed E-state index contributed by atoms with van der Waals surface area (Å²) in [6.45, 7) is 3.71. The molecule has 4 heteroatoms. The van der Waals surface area contributed by atoms with Crippen molar-refractivity contribution in [3.05, 3.63) is 0 Å². The summed E-state index contributed by atoms with van der Waals surface area (Å²) in [5.41, 5.74) is 2.63. The van der Waals surface area contributed by atoms with Crippen LogP contribution in [-0.2, 0) is 9.63 Å². The van der Waals surface area contributed by atoms with Gasteiger partial charge in [0, 0.05) is 20.0 Å². The molecule has 0 aliphatic carbocycles. The van der Waals surface area contributed by atoms with Gasteiger partial charge in [0.05, 0.1) is 6.61 Å². The molecule has 0 rings (SSSR count). The highest BCUT2D eigenvalue weighted by Crippen LogP contribution is 2.00.